The molecule has 0 bridgehead atoms. The third-order valence-corrected chi connectivity index (χ3v) is 4.57. The zero-order valence-electron chi connectivity index (χ0n) is 12.1. The second kappa shape index (κ2) is 5.15. The number of amides is 1. The van der Waals surface area contributed by atoms with Crippen LogP contribution >= 0.6 is 0 Å². The maximum Gasteiger partial charge on any atom is 0.416 e. The highest BCUT2D eigenvalue weighted by Crippen LogP contribution is 2.39. The molecule has 120 valence electrons. The van der Waals surface area contributed by atoms with Gasteiger partial charge in [-0.15, -0.1) is 0 Å². The Kier molecular flexibility index (Phi) is 3.55. The Balaban J connectivity index is 1.92. The van der Waals surface area contributed by atoms with Gasteiger partial charge in [-0.3, -0.25) is 4.90 Å². The lowest BCUT2D eigenvalue weighted by Gasteiger charge is -2.36. The number of carbonyl (C=O) groups excluding carboxylic acids is 1. The van der Waals surface area contributed by atoms with Crippen molar-refractivity contribution >= 4 is 11.8 Å². The van der Waals surface area contributed by atoms with Gasteiger partial charge < -0.3 is 10.1 Å². The first-order chi connectivity index (χ1) is 10.3. The summed E-state index contributed by atoms with van der Waals surface area (Å²) in [5, 5.41) is 3.25. The van der Waals surface area contributed by atoms with Gasteiger partial charge in [-0.1, -0.05) is 0 Å². The maximum absolute atomic E-state index is 12.7. The lowest BCUT2D eigenvalue weighted by molar-refractivity contribution is -0.137. The minimum Gasteiger partial charge on any atom is -0.447 e. The van der Waals surface area contributed by atoms with Crippen LogP contribution in [0.4, 0.5) is 23.7 Å². The Morgan fingerprint density at radius 1 is 1.32 bits per heavy atom. The summed E-state index contributed by atoms with van der Waals surface area (Å²) in [5.74, 6) is 0.209. The first kappa shape index (κ1) is 15.1. The molecule has 2 heterocycles. The van der Waals surface area contributed by atoms with Gasteiger partial charge >= 0.3 is 12.3 Å². The fourth-order valence-electron chi connectivity index (χ4n) is 3.23. The van der Waals surface area contributed by atoms with Gasteiger partial charge in [0.05, 0.1) is 11.1 Å². The van der Waals surface area contributed by atoms with E-state index in [2.05, 4.69) is 5.32 Å². The molecule has 0 saturated carbocycles. The number of nitrogens with zero attached hydrogens (tertiary/aromatic N) is 1. The van der Waals surface area contributed by atoms with E-state index in [4.69, 9.17) is 4.74 Å². The van der Waals surface area contributed by atoms with E-state index in [1.807, 2.05) is 6.92 Å². The van der Waals surface area contributed by atoms with E-state index >= 15 is 0 Å². The topological polar surface area (TPSA) is 41.6 Å². The molecule has 1 aromatic carbocycles. The van der Waals surface area contributed by atoms with Crippen molar-refractivity contribution < 1.29 is 22.7 Å². The summed E-state index contributed by atoms with van der Waals surface area (Å²) in [6.07, 6.45) is -3.98. The van der Waals surface area contributed by atoms with E-state index in [0.29, 0.717) is 5.69 Å². The Morgan fingerprint density at radius 3 is 2.55 bits per heavy atom. The van der Waals surface area contributed by atoms with Crippen LogP contribution in [0.1, 0.15) is 18.9 Å². The highest BCUT2D eigenvalue weighted by molar-refractivity contribution is 5.91. The van der Waals surface area contributed by atoms with Gasteiger partial charge in [0, 0.05) is 12.2 Å². The SMILES string of the molecule is CC1(C2CCNC2)COC(=O)N1c1ccc(C(F)(F)F)cc1. The van der Waals surface area contributed by atoms with E-state index < -0.39 is 23.4 Å². The molecule has 0 spiro atoms. The second-order valence-corrected chi connectivity index (χ2v) is 5.98. The molecular formula is C15H17F3N2O2. The number of ether oxygens (including phenoxy) is 1. The van der Waals surface area contributed by atoms with E-state index in [9.17, 15) is 18.0 Å². The fraction of sp³-hybridized carbons (Fsp3) is 0.533. The van der Waals surface area contributed by atoms with Gasteiger partial charge in [0.25, 0.3) is 0 Å². The Morgan fingerprint density at radius 2 is 2.00 bits per heavy atom. The molecule has 2 saturated heterocycles. The quantitative estimate of drug-likeness (QED) is 0.912. The van der Waals surface area contributed by atoms with Gasteiger partial charge in [-0.25, -0.2) is 4.79 Å². The third kappa shape index (κ3) is 2.43. The van der Waals surface area contributed by atoms with Crippen molar-refractivity contribution in [1.29, 1.82) is 0 Å². The van der Waals surface area contributed by atoms with Gasteiger partial charge in [0.15, 0.2) is 0 Å². The molecule has 22 heavy (non-hydrogen) atoms. The number of nitrogens with one attached hydrogen (secondary N) is 1. The van der Waals surface area contributed by atoms with Crippen LogP contribution < -0.4 is 10.2 Å². The van der Waals surface area contributed by atoms with Crippen molar-refractivity contribution in [2.45, 2.75) is 25.1 Å². The van der Waals surface area contributed by atoms with Crippen molar-refractivity contribution in [3.63, 3.8) is 0 Å². The van der Waals surface area contributed by atoms with Crippen LogP contribution in [0.2, 0.25) is 0 Å². The van der Waals surface area contributed by atoms with Crippen LogP contribution in [-0.2, 0) is 10.9 Å². The van der Waals surface area contributed by atoms with Crippen molar-refractivity contribution in [1.82, 2.24) is 5.32 Å². The monoisotopic (exact) mass is 314 g/mol. The van der Waals surface area contributed by atoms with Crippen LogP contribution in [0.5, 0.6) is 0 Å². The standard InChI is InChI=1S/C15H17F3N2O2/c1-14(11-6-7-19-8-11)9-22-13(21)20(14)12-4-2-10(3-5-12)15(16,17)18/h2-5,11,19H,6-9H2,1H3. The van der Waals surface area contributed by atoms with Gasteiger partial charge in [0.2, 0.25) is 0 Å². The second-order valence-electron chi connectivity index (χ2n) is 5.98. The fourth-order valence-corrected chi connectivity index (χ4v) is 3.23. The minimum absolute atomic E-state index is 0.209. The first-order valence-electron chi connectivity index (χ1n) is 7.17. The molecule has 4 nitrogen and oxygen atoms in total. The summed E-state index contributed by atoms with van der Waals surface area (Å²) < 4.78 is 43.2. The minimum atomic E-state index is -4.39. The number of alkyl halides is 3. The average Bonchev–Trinajstić information content (AvgIpc) is 3.08. The molecule has 0 aromatic heterocycles. The van der Waals surface area contributed by atoms with E-state index in [1.54, 1.807) is 0 Å². The molecule has 2 aliphatic rings. The molecule has 1 N–H and O–H groups in total. The van der Waals surface area contributed by atoms with E-state index in [1.165, 1.54) is 17.0 Å². The number of halogens is 3. The zero-order chi connectivity index (χ0) is 16.0. The molecule has 0 radical (unpaired) electrons. The number of anilines is 1. The zero-order valence-corrected chi connectivity index (χ0v) is 12.1. The summed E-state index contributed by atoms with van der Waals surface area (Å²) in [7, 11) is 0. The predicted octanol–water partition coefficient (Wildman–Crippen LogP) is 3.03. The highest BCUT2D eigenvalue weighted by atomic mass is 19.4. The molecular weight excluding hydrogens is 297 g/mol. The van der Waals surface area contributed by atoms with Gasteiger partial charge in [-0.2, -0.15) is 13.2 Å². The maximum atomic E-state index is 12.7. The number of cyclic esters (lactones) is 1. The molecule has 2 aliphatic heterocycles. The van der Waals surface area contributed by atoms with E-state index in [-0.39, 0.29) is 12.5 Å². The largest absolute Gasteiger partial charge is 0.447 e. The van der Waals surface area contributed by atoms with Crippen LogP contribution in [0, 0.1) is 5.92 Å². The molecule has 1 aromatic rings. The number of benzene rings is 1. The van der Waals surface area contributed by atoms with Gasteiger partial charge in [-0.05, 0) is 50.1 Å². The number of hydrogen-bond acceptors (Lipinski definition) is 3. The van der Waals surface area contributed by atoms with Crippen LogP contribution in [0.15, 0.2) is 24.3 Å². The lowest BCUT2D eigenvalue weighted by atomic mass is 9.84. The van der Waals surface area contributed by atoms with Crippen molar-refractivity contribution in [3.05, 3.63) is 29.8 Å². The predicted molar refractivity (Wildman–Crippen MR) is 74.7 cm³/mol. The van der Waals surface area contributed by atoms with Crippen LogP contribution in [0.25, 0.3) is 0 Å². The summed E-state index contributed by atoms with van der Waals surface area (Å²) in [6, 6.07) is 4.65. The number of rotatable bonds is 2. The Hall–Kier alpha value is -1.76. The highest BCUT2D eigenvalue weighted by Gasteiger charge is 2.50. The molecule has 0 aliphatic carbocycles. The lowest BCUT2D eigenvalue weighted by Crippen LogP contribution is -2.51. The van der Waals surface area contributed by atoms with Crippen molar-refractivity contribution in [2.24, 2.45) is 5.92 Å². The third-order valence-electron chi connectivity index (χ3n) is 4.57. The smallest absolute Gasteiger partial charge is 0.416 e. The Bertz CT molecular complexity index is 567. The average molecular weight is 314 g/mol. The summed E-state index contributed by atoms with van der Waals surface area (Å²) in [5.41, 5.74) is -0.835. The van der Waals surface area contributed by atoms with Gasteiger partial charge in [0.1, 0.15) is 6.61 Å². The number of hydrogen-bond donors (Lipinski definition) is 1. The normalized spacial score (nSPS) is 29.0. The van der Waals surface area contributed by atoms with Crippen LogP contribution in [-0.4, -0.2) is 31.3 Å². The van der Waals surface area contributed by atoms with Crippen molar-refractivity contribution in [3.8, 4) is 0 Å². The summed E-state index contributed by atoms with van der Waals surface area (Å²) in [4.78, 5) is 13.6. The first-order valence-corrected chi connectivity index (χ1v) is 7.17. The van der Waals surface area contributed by atoms with Crippen molar-refractivity contribution in [2.75, 3.05) is 24.6 Å². The number of carbonyl (C=O) groups is 1. The van der Waals surface area contributed by atoms with Crippen LogP contribution in [0.3, 0.4) is 0 Å². The Labute approximate surface area is 126 Å². The summed E-state index contributed by atoms with van der Waals surface area (Å²) >= 11 is 0. The molecule has 1 amide bonds. The molecule has 7 heteroatoms. The molecule has 2 fully saturated rings. The summed E-state index contributed by atoms with van der Waals surface area (Å²) in [6.45, 7) is 3.81. The molecule has 3 rings (SSSR count). The molecule has 2 atom stereocenters. The van der Waals surface area contributed by atoms with E-state index in [0.717, 1.165) is 31.6 Å². The molecule has 2 unspecified atom stereocenters.